The molecule has 0 aromatic carbocycles. The summed E-state index contributed by atoms with van der Waals surface area (Å²) in [4.78, 5) is 27.1. The quantitative estimate of drug-likeness (QED) is 0.760. The van der Waals surface area contributed by atoms with E-state index in [2.05, 4.69) is 0 Å². The third-order valence-corrected chi connectivity index (χ3v) is 7.29. The lowest BCUT2D eigenvalue weighted by atomic mass is 9.31. The van der Waals surface area contributed by atoms with Crippen molar-refractivity contribution in [3.63, 3.8) is 0 Å². The average molecular weight is 403 g/mol. The lowest BCUT2D eigenvalue weighted by Gasteiger charge is -2.73. The molecule has 0 spiro atoms. The SMILES string of the molecule is CC(C)(C)OC(=O)N1[C@@H]2C[C@@H]2C[C@H]1C(=O)C[C@H](CO)C12CC(C(F)(F)F)(C1)C2. The molecule has 5 aliphatic rings. The van der Waals surface area contributed by atoms with E-state index >= 15 is 0 Å². The summed E-state index contributed by atoms with van der Waals surface area (Å²) in [5.41, 5.74) is -2.83. The van der Waals surface area contributed by atoms with Crippen LogP contribution in [0.4, 0.5) is 18.0 Å². The molecule has 8 heteroatoms. The van der Waals surface area contributed by atoms with E-state index in [-0.39, 0.29) is 44.1 Å². The van der Waals surface area contributed by atoms with Crippen LogP contribution in [-0.4, -0.2) is 52.4 Å². The monoisotopic (exact) mass is 403 g/mol. The molecular weight excluding hydrogens is 375 g/mol. The van der Waals surface area contributed by atoms with Gasteiger partial charge >= 0.3 is 12.3 Å². The maximum atomic E-state index is 13.1. The van der Waals surface area contributed by atoms with Crippen molar-refractivity contribution in [2.24, 2.45) is 22.7 Å². The third kappa shape index (κ3) is 2.94. The van der Waals surface area contributed by atoms with Gasteiger partial charge in [0.25, 0.3) is 0 Å². The van der Waals surface area contributed by atoms with Crippen molar-refractivity contribution in [2.45, 2.75) is 83.2 Å². The number of halogens is 3. The van der Waals surface area contributed by atoms with Gasteiger partial charge in [-0.25, -0.2) is 4.79 Å². The molecule has 4 atom stereocenters. The van der Waals surface area contributed by atoms with E-state index in [4.69, 9.17) is 4.74 Å². The number of aliphatic hydroxyl groups excluding tert-OH is 1. The van der Waals surface area contributed by atoms with Gasteiger partial charge in [0, 0.05) is 19.1 Å². The van der Waals surface area contributed by atoms with E-state index < -0.39 is 40.7 Å². The van der Waals surface area contributed by atoms with Crippen LogP contribution in [0.1, 0.15) is 59.3 Å². The number of ether oxygens (including phenoxy) is 1. The van der Waals surface area contributed by atoms with Gasteiger partial charge in [0.05, 0.1) is 11.5 Å². The number of nitrogens with zero attached hydrogens (tertiary/aromatic N) is 1. The van der Waals surface area contributed by atoms with Crippen LogP contribution < -0.4 is 0 Å². The molecule has 1 N–H and O–H groups in total. The molecule has 1 saturated heterocycles. The molecule has 0 unspecified atom stereocenters. The first-order valence-electron chi connectivity index (χ1n) is 10.0. The Morgan fingerprint density at radius 1 is 1.18 bits per heavy atom. The van der Waals surface area contributed by atoms with Crippen molar-refractivity contribution < 1.29 is 32.6 Å². The molecule has 5 nitrogen and oxygen atoms in total. The van der Waals surface area contributed by atoms with Gasteiger partial charge in [0.2, 0.25) is 0 Å². The second kappa shape index (κ2) is 5.86. The average Bonchev–Trinajstić information content (AvgIpc) is 3.09. The van der Waals surface area contributed by atoms with Gasteiger partial charge in [0.1, 0.15) is 5.60 Å². The molecule has 4 aliphatic carbocycles. The molecule has 1 aliphatic heterocycles. The molecule has 0 radical (unpaired) electrons. The van der Waals surface area contributed by atoms with Crippen molar-refractivity contribution in [1.29, 1.82) is 0 Å². The highest BCUT2D eigenvalue weighted by molar-refractivity contribution is 5.89. The fourth-order valence-corrected chi connectivity index (χ4v) is 5.77. The van der Waals surface area contributed by atoms with Gasteiger partial charge < -0.3 is 9.84 Å². The largest absolute Gasteiger partial charge is 0.444 e. The van der Waals surface area contributed by atoms with Crippen LogP contribution in [0.25, 0.3) is 0 Å². The molecular formula is C20H28F3NO4. The molecule has 2 bridgehead atoms. The van der Waals surface area contributed by atoms with Crippen LogP contribution >= 0.6 is 0 Å². The zero-order chi connectivity index (χ0) is 20.7. The van der Waals surface area contributed by atoms with Crippen LogP contribution in [-0.2, 0) is 9.53 Å². The Hall–Kier alpha value is -1.31. The number of ketones is 1. The Balaban J connectivity index is 1.40. The molecule has 0 aromatic rings. The van der Waals surface area contributed by atoms with E-state index in [1.165, 1.54) is 4.90 Å². The van der Waals surface area contributed by atoms with Crippen molar-refractivity contribution in [3.05, 3.63) is 0 Å². The topological polar surface area (TPSA) is 66.8 Å². The summed E-state index contributed by atoms with van der Waals surface area (Å²) < 4.78 is 44.8. The standard InChI is InChI=1S/C20H28F3NO4/c1-17(2,3)28-16(27)24-13-4-11(13)5-14(24)15(26)6-12(7-25)18-8-19(9-18,10-18)20(21,22)23/h11-14,25H,4-10H2,1-3H3/t11-,12-,13-,14+,18?,19?/m1/s1. The number of alkyl halides is 3. The Bertz CT molecular complexity index is 679. The summed E-state index contributed by atoms with van der Waals surface area (Å²) >= 11 is 0. The molecule has 0 aromatic heterocycles. The van der Waals surface area contributed by atoms with E-state index in [0.717, 1.165) is 6.42 Å². The lowest BCUT2D eigenvalue weighted by molar-refractivity contribution is -0.377. The zero-order valence-corrected chi connectivity index (χ0v) is 16.5. The molecule has 1 amide bonds. The molecule has 1 heterocycles. The Kier molecular flexibility index (Phi) is 4.18. The van der Waals surface area contributed by atoms with Crippen molar-refractivity contribution in [3.8, 4) is 0 Å². The van der Waals surface area contributed by atoms with Crippen LogP contribution in [0, 0.1) is 22.7 Å². The number of likely N-dealkylation sites (tertiary alicyclic amines) is 1. The second-order valence-corrected chi connectivity index (χ2v) is 10.4. The lowest BCUT2D eigenvalue weighted by Crippen LogP contribution is -2.71. The Morgan fingerprint density at radius 3 is 2.29 bits per heavy atom. The van der Waals surface area contributed by atoms with Gasteiger partial charge in [-0.3, -0.25) is 9.69 Å². The zero-order valence-electron chi connectivity index (χ0n) is 16.5. The normalized spacial score (nSPS) is 39.5. The number of piperidine rings is 1. The smallest absolute Gasteiger partial charge is 0.411 e. The molecule has 28 heavy (non-hydrogen) atoms. The summed E-state index contributed by atoms with van der Waals surface area (Å²) in [6, 6.07) is -0.559. The number of hydrogen-bond donors (Lipinski definition) is 1. The van der Waals surface area contributed by atoms with Crippen molar-refractivity contribution >= 4 is 11.9 Å². The molecule has 5 rings (SSSR count). The first kappa shape index (κ1) is 20.0. The second-order valence-electron chi connectivity index (χ2n) is 10.4. The fraction of sp³-hybridized carbons (Fsp3) is 0.900. The number of Topliss-reactive ketones (excluding diaryl/α,β-unsaturated/α-hetero) is 1. The van der Waals surface area contributed by atoms with Gasteiger partial charge in [-0.1, -0.05) is 0 Å². The number of fused-ring (bicyclic) bond motifs is 1. The Labute approximate surface area is 162 Å². The molecule has 4 saturated carbocycles. The molecule has 158 valence electrons. The maximum absolute atomic E-state index is 13.1. The minimum Gasteiger partial charge on any atom is -0.444 e. The van der Waals surface area contributed by atoms with Gasteiger partial charge in [-0.15, -0.1) is 0 Å². The summed E-state index contributed by atoms with van der Waals surface area (Å²) in [6.07, 6.45) is -3.22. The fourth-order valence-electron chi connectivity index (χ4n) is 5.77. The first-order valence-corrected chi connectivity index (χ1v) is 10.0. The van der Waals surface area contributed by atoms with Crippen LogP contribution in [0.5, 0.6) is 0 Å². The van der Waals surface area contributed by atoms with Gasteiger partial charge in [0.15, 0.2) is 5.78 Å². The summed E-state index contributed by atoms with van der Waals surface area (Å²) in [7, 11) is 0. The highest BCUT2D eigenvalue weighted by Crippen LogP contribution is 2.81. The third-order valence-electron chi connectivity index (χ3n) is 7.29. The van der Waals surface area contributed by atoms with Crippen LogP contribution in [0.3, 0.4) is 0 Å². The van der Waals surface area contributed by atoms with Crippen LogP contribution in [0.2, 0.25) is 0 Å². The highest BCUT2D eigenvalue weighted by Gasteiger charge is 2.79. The first-order chi connectivity index (χ1) is 12.8. The summed E-state index contributed by atoms with van der Waals surface area (Å²) in [5.74, 6) is -0.331. The van der Waals surface area contributed by atoms with Crippen molar-refractivity contribution in [2.75, 3.05) is 6.61 Å². The van der Waals surface area contributed by atoms with Crippen molar-refractivity contribution in [1.82, 2.24) is 4.90 Å². The predicted molar refractivity (Wildman–Crippen MR) is 93.3 cm³/mol. The number of amides is 1. The number of carbonyl (C=O) groups is 2. The minimum atomic E-state index is -4.21. The summed E-state index contributed by atoms with van der Waals surface area (Å²) in [5, 5.41) is 9.78. The Morgan fingerprint density at radius 2 is 1.79 bits per heavy atom. The van der Waals surface area contributed by atoms with Gasteiger partial charge in [-0.05, 0) is 70.1 Å². The minimum absolute atomic E-state index is 0.00764. The predicted octanol–water partition coefficient (Wildman–Crippen LogP) is 3.68. The van der Waals surface area contributed by atoms with E-state index in [1.54, 1.807) is 20.8 Å². The number of aliphatic hydroxyl groups is 1. The van der Waals surface area contributed by atoms with Crippen LogP contribution in [0.15, 0.2) is 0 Å². The van der Waals surface area contributed by atoms with Gasteiger partial charge in [-0.2, -0.15) is 13.2 Å². The highest BCUT2D eigenvalue weighted by atomic mass is 19.4. The molecule has 5 fully saturated rings. The van der Waals surface area contributed by atoms with E-state index in [9.17, 15) is 27.9 Å². The number of rotatable bonds is 5. The van der Waals surface area contributed by atoms with E-state index in [0.29, 0.717) is 12.3 Å². The maximum Gasteiger partial charge on any atom is 0.411 e. The summed E-state index contributed by atoms with van der Waals surface area (Å²) in [6.45, 7) is 5.00. The number of hydrogen-bond acceptors (Lipinski definition) is 4. The number of carbonyl (C=O) groups excluding carboxylic acids is 2. The van der Waals surface area contributed by atoms with E-state index in [1.807, 2.05) is 0 Å².